The quantitative estimate of drug-likeness (QED) is 0.826. The molecule has 98 valence electrons. The zero-order chi connectivity index (χ0) is 13.2. The lowest BCUT2D eigenvalue weighted by Gasteiger charge is -2.12. The first-order valence-electron chi connectivity index (χ1n) is 6.52. The molecular formula is C16H17NO2. The summed E-state index contributed by atoms with van der Waals surface area (Å²) >= 11 is 0. The fraction of sp³-hybridized carbons (Fsp3) is 0.250. The summed E-state index contributed by atoms with van der Waals surface area (Å²) in [4.78, 5) is 0. The van der Waals surface area contributed by atoms with Crippen molar-refractivity contribution >= 4 is 5.69 Å². The number of nitrogen functional groups attached to an aromatic ring is 1. The molecule has 0 bridgehead atoms. The molecule has 0 heterocycles. The number of aliphatic hydroxyl groups is 1. The van der Waals surface area contributed by atoms with Gasteiger partial charge in [0.05, 0.1) is 6.10 Å². The van der Waals surface area contributed by atoms with Gasteiger partial charge in [0.15, 0.2) is 0 Å². The number of ether oxygens (including phenoxy) is 1. The van der Waals surface area contributed by atoms with Crippen molar-refractivity contribution < 1.29 is 9.84 Å². The highest BCUT2D eigenvalue weighted by molar-refractivity contribution is 5.42. The van der Waals surface area contributed by atoms with Crippen LogP contribution in [0.3, 0.4) is 0 Å². The Morgan fingerprint density at radius 3 is 2.00 bits per heavy atom. The molecule has 1 saturated carbocycles. The fourth-order valence-corrected chi connectivity index (χ4v) is 1.98. The van der Waals surface area contributed by atoms with E-state index in [1.54, 1.807) is 12.1 Å². The number of anilines is 1. The summed E-state index contributed by atoms with van der Waals surface area (Å²) in [6.45, 7) is 0. The average molecular weight is 255 g/mol. The standard InChI is InChI=1S/C16H17NO2/c17-13-5-1-11(2-6-13)16(18)12-3-7-14(8-4-12)19-15-9-10-15/h1-8,15-16,18H,9-10,17H2. The Balaban J connectivity index is 1.75. The van der Waals surface area contributed by atoms with E-state index in [0.717, 1.165) is 29.7 Å². The molecule has 3 N–H and O–H groups in total. The SMILES string of the molecule is Nc1ccc(C(O)c2ccc(OC3CC3)cc2)cc1. The zero-order valence-electron chi connectivity index (χ0n) is 10.6. The van der Waals surface area contributed by atoms with Crippen LogP contribution in [-0.2, 0) is 0 Å². The van der Waals surface area contributed by atoms with Crippen molar-refractivity contribution in [2.24, 2.45) is 0 Å². The highest BCUT2D eigenvalue weighted by Gasteiger charge is 2.23. The normalized spacial score (nSPS) is 16.1. The monoisotopic (exact) mass is 255 g/mol. The molecule has 3 rings (SSSR count). The lowest BCUT2D eigenvalue weighted by Crippen LogP contribution is -2.01. The first-order chi connectivity index (χ1) is 9.22. The van der Waals surface area contributed by atoms with Gasteiger partial charge in [-0.25, -0.2) is 0 Å². The number of benzene rings is 2. The summed E-state index contributed by atoms with van der Waals surface area (Å²) in [6.07, 6.45) is 2.06. The first-order valence-corrected chi connectivity index (χ1v) is 6.52. The molecule has 19 heavy (non-hydrogen) atoms. The van der Waals surface area contributed by atoms with Crippen molar-refractivity contribution in [2.75, 3.05) is 5.73 Å². The van der Waals surface area contributed by atoms with Crippen molar-refractivity contribution in [3.63, 3.8) is 0 Å². The van der Waals surface area contributed by atoms with Crippen LogP contribution in [0.4, 0.5) is 5.69 Å². The molecule has 0 radical (unpaired) electrons. The summed E-state index contributed by atoms with van der Waals surface area (Å²) in [5.41, 5.74) is 8.03. The lowest BCUT2D eigenvalue weighted by atomic mass is 10.0. The van der Waals surface area contributed by atoms with Crippen LogP contribution in [-0.4, -0.2) is 11.2 Å². The Kier molecular flexibility index (Phi) is 3.13. The minimum Gasteiger partial charge on any atom is -0.490 e. The molecular weight excluding hydrogens is 238 g/mol. The summed E-state index contributed by atoms with van der Waals surface area (Å²) in [7, 11) is 0. The minimum atomic E-state index is -0.629. The van der Waals surface area contributed by atoms with Crippen LogP contribution < -0.4 is 10.5 Å². The van der Waals surface area contributed by atoms with E-state index in [1.807, 2.05) is 36.4 Å². The van der Waals surface area contributed by atoms with Crippen molar-refractivity contribution in [2.45, 2.75) is 25.0 Å². The predicted molar refractivity (Wildman–Crippen MR) is 75.0 cm³/mol. The first kappa shape index (κ1) is 12.1. The van der Waals surface area contributed by atoms with Crippen LogP contribution in [0.2, 0.25) is 0 Å². The van der Waals surface area contributed by atoms with Gasteiger partial charge in [-0.3, -0.25) is 0 Å². The summed E-state index contributed by atoms with van der Waals surface area (Å²) in [5.74, 6) is 0.871. The van der Waals surface area contributed by atoms with Gasteiger partial charge in [0.2, 0.25) is 0 Å². The molecule has 1 aliphatic rings. The van der Waals surface area contributed by atoms with E-state index in [2.05, 4.69) is 0 Å². The highest BCUT2D eigenvalue weighted by Crippen LogP contribution is 2.29. The van der Waals surface area contributed by atoms with Gasteiger partial charge in [-0.1, -0.05) is 24.3 Å². The Morgan fingerprint density at radius 2 is 1.47 bits per heavy atom. The van der Waals surface area contributed by atoms with Gasteiger partial charge < -0.3 is 15.6 Å². The number of hydrogen-bond donors (Lipinski definition) is 2. The van der Waals surface area contributed by atoms with Crippen molar-refractivity contribution in [3.05, 3.63) is 59.7 Å². The van der Waals surface area contributed by atoms with Gasteiger partial charge >= 0.3 is 0 Å². The third-order valence-electron chi connectivity index (χ3n) is 3.28. The molecule has 1 unspecified atom stereocenters. The topological polar surface area (TPSA) is 55.5 Å². The van der Waals surface area contributed by atoms with Gasteiger partial charge in [0.25, 0.3) is 0 Å². The molecule has 0 amide bonds. The maximum atomic E-state index is 10.3. The van der Waals surface area contributed by atoms with Crippen LogP contribution >= 0.6 is 0 Å². The highest BCUT2D eigenvalue weighted by atomic mass is 16.5. The largest absolute Gasteiger partial charge is 0.490 e. The van der Waals surface area contributed by atoms with Crippen LogP contribution in [0.15, 0.2) is 48.5 Å². The molecule has 0 aromatic heterocycles. The average Bonchev–Trinajstić information content (AvgIpc) is 3.24. The molecule has 3 heteroatoms. The van der Waals surface area contributed by atoms with Gasteiger partial charge in [-0.2, -0.15) is 0 Å². The molecule has 0 saturated heterocycles. The van der Waals surface area contributed by atoms with Gasteiger partial charge in [0.1, 0.15) is 11.9 Å². The maximum absolute atomic E-state index is 10.3. The second-order valence-corrected chi connectivity index (χ2v) is 4.96. The minimum absolute atomic E-state index is 0.396. The summed E-state index contributed by atoms with van der Waals surface area (Å²) < 4.78 is 5.68. The van der Waals surface area contributed by atoms with E-state index in [1.165, 1.54) is 0 Å². The van der Waals surface area contributed by atoms with Crippen LogP contribution in [0.1, 0.15) is 30.1 Å². The molecule has 0 spiro atoms. The third-order valence-corrected chi connectivity index (χ3v) is 3.28. The van der Waals surface area contributed by atoms with E-state index in [9.17, 15) is 5.11 Å². The Morgan fingerprint density at radius 1 is 0.947 bits per heavy atom. The number of aliphatic hydroxyl groups excluding tert-OH is 1. The molecule has 0 aliphatic heterocycles. The van der Waals surface area contributed by atoms with E-state index < -0.39 is 6.10 Å². The van der Waals surface area contributed by atoms with Gasteiger partial charge in [-0.15, -0.1) is 0 Å². The van der Waals surface area contributed by atoms with E-state index >= 15 is 0 Å². The van der Waals surface area contributed by atoms with Crippen LogP contribution in [0.25, 0.3) is 0 Å². The van der Waals surface area contributed by atoms with Crippen molar-refractivity contribution in [1.82, 2.24) is 0 Å². The number of rotatable bonds is 4. The number of hydrogen-bond acceptors (Lipinski definition) is 3. The third kappa shape index (κ3) is 2.88. The molecule has 2 aromatic carbocycles. The van der Waals surface area contributed by atoms with E-state index in [0.29, 0.717) is 11.8 Å². The maximum Gasteiger partial charge on any atom is 0.119 e. The Labute approximate surface area is 112 Å². The van der Waals surface area contributed by atoms with Gasteiger partial charge in [-0.05, 0) is 48.2 Å². The second kappa shape index (κ2) is 4.94. The molecule has 3 nitrogen and oxygen atoms in total. The fourth-order valence-electron chi connectivity index (χ4n) is 1.98. The van der Waals surface area contributed by atoms with Crippen molar-refractivity contribution in [1.29, 1.82) is 0 Å². The van der Waals surface area contributed by atoms with E-state index in [4.69, 9.17) is 10.5 Å². The Hall–Kier alpha value is -2.00. The zero-order valence-corrected chi connectivity index (χ0v) is 10.6. The molecule has 1 aliphatic carbocycles. The van der Waals surface area contributed by atoms with E-state index in [-0.39, 0.29) is 0 Å². The van der Waals surface area contributed by atoms with Gasteiger partial charge in [0, 0.05) is 5.69 Å². The van der Waals surface area contributed by atoms with Crippen LogP contribution in [0.5, 0.6) is 5.75 Å². The Bertz CT molecular complexity index is 544. The summed E-state index contributed by atoms with van der Waals surface area (Å²) in [5, 5.41) is 10.3. The molecule has 1 fully saturated rings. The predicted octanol–water partition coefficient (Wildman–Crippen LogP) is 2.89. The smallest absolute Gasteiger partial charge is 0.119 e. The van der Waals surface area contributed by atoms with Crippen molar-refractivity contribution in [3.8, 4) is 5.75 Å². The van der Waals surface area contributed by atoms with Crippen LogP contribution in [0, 0.1) is 0 Å². The second-order valence-electron chi connectivity index (χ2n) is 4.96. The molecule has 2 aromatic rings. The lowest BCUT2D eigenvalue weighted by molar-refractivity contribution is 0.220. The summed E-state index contributed by atoms with van der Waals surface area (Å²) in [6, 6.07) is 14.9. The molecule has 1 atom stereocenters. The number of nitrogens with two attached hydrogens (primary N) is 1.